The van der Waals surface area contributed by atoms with E-state index in [0.717, 1.165) is 0 Å². The molecular weight excluding hydrogens is 304 g/mol. The summed E-state index contributed by atoms with van der Waals surface area (Å²) in [5.74, 6) is -1.07. The highest BCUT2D eigenvalue weighted by Gasteiger charge is 2.09. The first-order chi connectivity index (χ1) is 10.7. The monoisotopic (exact) mass is 318 g/mol. The lowest BCUT2D eigenvalue weighted by atomic mass is 10.3. The third-order valence-corrected chi connectivity index (χ3v) is 3.49. The number of hydrogen-bond acceptors (Lipinski definition) is 5. The highest BCUT2D eigenvalue weighted by Crippen LogP contribution is 2.07. The van der Waals surface area contributed by atoms with Crippen molar-refractivity contribution in [2.45, 2.75) is 6.42 Å². The number of thiophene rings is 1. The second kappa shape index (κ2) is 7.89. The summed E-state index contributed by atoms with van der Waals surface area (Å²) in [5, 5.41) is 4.42. The third kappa shape index (κ3) is 4.67. The fraction of sp³-hybridized carbons (Fsp3) is 0.143. The van der Waals surface area contributed by atoms with Crippen LogP contribution < -0.4 is 16.2 Å². The van der Waals surface area contributed by atoms with E-state index in [-0.39, 0.29) is 18.9 Å². The van der Waals surface area contributed by atoms with Gasteiger partial charge < -0.3 is 5.32 Å². The first-order valence-electron chi connectivity index (χ1n) is 6.48. The van der Waals surface area contributed by atoms with E-state index in [9.17, 15) is 14.4 Å². The second-order valence-corrected chi connectivity index (χ2v) is 5.17. The van der Waals surface area contributed by atoms with E-state index in [1.54, 1.807) is 35.8 Å². The van der Waals surface area contributed by atoms with E-state index in [0.29, 0.717) is 10.4 Å². The Bertz CT molecular complexity index is 643. The largest absolute Gasteiger partial charge is 0.351 e. The summed E-state index contributed by atoms with van der Waals surface area (Å²) in [4.78, 5) is 39.2. The van der Waals surface area contributed by atoms with E-state index >= 15 is 0 Å². The van der Waals surface area contributed by atoms with E-state index < -0.39 is 11.8 Å². The minimum absolute atomic E-state index is 0.0600. The maximum absolute atomic E-state index is 11.7. The maximum atomic E-state index is 11.7. The average molecular weight is 318 g/mol. The summed E-state index contributed by atoms with van der Waals surface area (Å²) >= 11 is 1.33. The number of pyridine rings is 1. The molecule has 0 saturated heterocycles. The van der Waals surface area contributed by atoms with Gasteiger partial charge in [-0.25, -0.2) is 0 Å². The zero-order valence-electron chi connectivity index (χ0n) is 11.5. The van der Waals surface area contributed by atoms with Crippen LogP contribution in [0.5, 0.6) is 0 Å². The number of rotatable bonds is 5. The van der Waals surface area contributed by atoms with Gasteiger partial charge in [-0.2, -0.15) is 0 Å². The standard InChI is InChI=1S/C14H14N4O3S/c19-12(5-7-16-14(21)11-4-2-8-22-11)17-18-13(20)10-3-1-6-15-9-10/h1-4,6,8-9H,5,7H2,(H,16,21)(H,17,19)(H,18,20). The molecule has 0 saturated carbocycles. The zero-order valence-corrected chi connectivity index (χ0v) is 12.4. The lowest BCUT2D eigenvalue weighted by Crippen LogP contribution is -2.42. The molecule has 0 unspecified atom stereocenters. The van der Waals surface area contributed by atoms with Crippen molar-refractivity contribution < 1.29 is 14.4 Å². The number of carbonyl (C=O) groups excluding carboxylic acids is 3. The van der Waals surface area contributed by atoms with Crippen molar-refractivity contribution in [1.29, 1.82) is 0 Å². The molecule has 8 heteroatoms. The lowest BCUT2D eigenvalue weighted by molar-refractivity contribution is -0.121. The first-order valence-corrected chi connectivity index (χ1v) is 7.35. The van der Waals surface area contributed by atoms with Crippen LogP contribution in [-0.4, -0.2) is 29.3 Å². The van der Waals surface area contributed by atoms with Crippen LogP contribution in [-0.2, 0) is 4.79 Å². The van der Waals surface area contributed by atoms with Gasteiger partial charge in [0, 0.05) is 25.4 Å². The molecule has 0 radical (unpaired) electrons. The molecule has 2 aromatic heterocycles. The Hall–Kier alpha value is -2.74. The summed E-state index contributed by atoms with van der Waals surface area (Å²) in [6.45, 7) is 0.186. The molecule has 0 atom stereocenters. The van der Waals surface area contributed by atoms with E-state index in [2.05, 4.69) is 21.2 Å². The van der Waals surface area contributed by atoms with Crippen molar-refractivity contribution in [1.82, 2.24) is 21.2 Å². The fourth-order valence-corrected chi connectivity index (χ4v) is 2.18. The van der Waals surface area contributed by atoms with Crippen molar-refractivity contribution in [3.8, 4) is 0 Å². The first kappa shape index (κ1) is 15.6. The Morgan fingerprint density at radius 1 is 1.09 bits per heavy atom. The Morgan fingerprint density at radius 2 is 1.95 bits per heavy atom. The average Bonchev–Trinajstić information content (AvgIpc) is 3.08. The van der Waals surface area contributed by atoms with Gasteiger partial charge in [0.15, 0.2) is 0 Å². The number of carbonyl (C=O) groups is 3. The summed E-state index contributed by atoms with van der Waals surface area (Å²) in [6.07, 6.45) is 3.00. The predicted octanol–water partition coefficient (Wildman–Crippen LogP) is 0.724. The third-order valence-electron chi connectivity index (χ3n) is 2.62. The van der Waals surface area contributed by atoms with Gasteiger partial charge in [-0.15, -0.1) is 11.3 Å². The predicted molar refractivity (Wildman–Crippen MR) is 81.1 cm³/mol. The van der Waals surface area contributed by atoms with Gasteiger partial charge in [0.05, 0.1) is 10.4 Å². The molecule has 0 bridgehead atoms. The molecule has 2 aromatic rings. The molecule has 0 fully saturated rings. The van der Waals surface area contributed by atoms with Gasteiger partial charge in [0.25, 0.3) is 11.8 Å². The molecule has 0 aliphatic rings. The van der Waals surface area contributed by atoms with Crippen LogP contribution >= 0.6 is 11.3 Å². The number of amides is 3. The summed E-state index contributed by atoms with van der Waals surface area (Å²) < 4.78 is 0. The number of nitrogens with zero attached hydrogens (tertiary/aromatic N) is 1. The zero-order chi connectivity index (χ0) is 15.8. The van der Waals surface area contributed by atoms with E-state index in [1.807, 2.05) is 0 Å². The molecule has 0 aliphatic heterocycles. The van der Waals surface area contributed by atoms with Crippen molar-refractivity contribution in [3.63, 3.8) is 0 Å². The van der Waals surface area contributed by atoms with Gasteiger partial charge in [-0.3, -0.25) is 30.2 Å². The quantitative estimate of drug-likeness (QED) is 0.707. The van der Waals surface area contributed by atoms with Gasteiger partial charge in [-0.05, 0) is 23.6 Å². The number of aromatic nitrogens is 1. The van der Waals surface area contributed by atoms with Crippen molar-refractivity contribution in [3.05, 3.63) is 52.5 Å². The SMILES string of the molecule is O=C(CCNC(=O)c1cccs1)NNC(=O)c1cccnc1. The molecule has 2 heterocycles. The molecule has 3 amide bonds. The van der Waals surface area contributed by atoms with Gasteiger partial charge in [0.1, 0.15) is 0 Å². The van der Waals surface area contributed by atoms with Gasteiger partial charge in [0.2, 0.25) is 5.91 Å². The topological polar surface area (TPSA) is 100 Å². The van der Waals surface area contributed by atoms with E-state index in [1.165, 1.54) is 17.5 Å². The smallest absolute Gasteiger partial charge is 0.271 e. The van der Waals surface area contributed by atoms with Crippen molar-refractivity contribution >= 4 is 29.1 Å². The van der Waals surface area contributed by atoms with Gasteiger partial charge in [-0.1, -0.05) is 6.07 Å². The van der Waals surface area contributed by atoms with Crippen LogP contribution in [0, 0.1) is 0 Å². The minimum atomic E-state index is -0.455. The van der Waals surface area contributed by atoms with Crippen molar-refractivity contribution in [2.75, 3.05) is 6.54 Å². The van der Waals surface area contributed by atoms with Crippen LogP contribution in [0.25, 0.3) is 0 Å². The Labute approximate surface area is 130 Å². The molecule has 2 rings (SSSR count). The summed E-state index contributed by atoms with van der Waals surface area (Å²) in [5.41, 5.74) is 4.89. The number of hydrazine groups is 1. The molecule has 3 N–H and O–H groups in total. The Kier molecular flexibility index (Phi) is 5.61. The van der Waals surface area contributed by atoms with Crippen LogP contribution in [0.4, 0.5) is 0 Å². The molecular formula is C14H14N4O3S. The molecule has 22 heavy (non-hydrogen) atoms. The molecule has 7 nitrogen and oxygen atoms in total. The Balaban J connectivity index is 1.66. The highest BCUT2D eigenvalue weighted by atomic mass is 32.1. The van der Waals surface area contributed by atoms with Crippen molar-refractivity contribution in [2.24, 2.45) is 0 Å². The Morgan fingerprint density at radius 3 is 2.64 bits per heavy atom. The molecule has 114 valence electrons. The van der Waals surface area contributed by atoms with E-state index in [4.69, 9.17) is 0 Å². The number of hydrogen-bond donors (Lipinski definition) is 3. The molecule has 0 aromatic carbocycles. The molecule has 0 aliphatic carbocycles. The van der Waals surface area contributed by atoms with Gasteiger partial charge >= 0.3 is 0 Å². The minimum Gasteiger partial charge on any atom is -0.351 e. The normalized spacial score (nSPS) is 9.82. The van der Waals surface area contributed by atoms with Crippen LogP contribution in [0.2, 0.25) is 0 Å². The maximum Gasteiger partial charge on any atom is 0.271 e. The summed E-state index contributed by atoms with van der Waals surface area (Å²) in [6, 6.07) is 6.68. The number of nitrogens with one attached hydrogen (secondary N) is 3. The van der Waals surface area contributed by atoms with Crippen LogP contribution in [0.15, 0.2) is 42.0 Å². The summed E-state index contributed by atoms with van der Waals surface area (Å²) in [7, 11) is 0. The fourth-order valence-electron chi connectivity index (χ4n) is 1.54. The lowest BCUT2D eigenvalue weighted by Gasteiger charge is -2.07. The molecule has 0 spiro atoms. The van der Waals surface area contributed by atoms with Crippen LogP contribution in [0.1, 0.15) is 26.5 Å². The second-order valence-electron chi connectivity index (χ2n) is 4.23. The highest BCUT2D eigenvalue weighted by molar-refractivity contribution is 7.12. The van der Waals surface area contributed by atoms with Crippen LogP contribution in [0.3, 0.4) is 0 Å².